The standard InChI is InChI=1S/C24H25N3O/c1-4-7-12-19-15-16-21-22(28)17-23(25-18(6-3)11-5-2)27(24(21)26-19)20-13-9-8-10-14-20/h5-6,8-11,13-17,25H,2-4,7,12H2,1H3/b18-11+. The van der Waals surface area contributed by atoms with E-state index in [1.807, 2.05) is 53.1 Å². The molecule has 1 N–H and O–H groups in total. The van der Waals surface area contributed by atoms with Gasteiger partial charge in [-0.25, -0.2) is 4.98 Å². The molecule has 1 aromatic carbocycles. The van der Waals surface area contributed by atoms with Gasteiger partial charge in [-0.2, -0.15) is 0 Å². The molecule has 0 bridgehead atoms. The van der Waals surface area contributed by atoms with Gasteiger partial charge in [0.05, 0.1) is 5.39 Å². The summed E-state index contributed by atoms with van der Waals surface area (Å²) in [6.07, 6.45) is 8.23. The fraction of sp³-hybridized carbons (Fsp3) is 0.167. The maximum atomic E-state index is 12.8. The SMILES string of the molecule is C=C/C=C(\C=C)Nc1cc(=O)c2ccc(CCCC)nc2n1-c1ccccc1. The highest BCUT2D eigenvalue weighted by atomic mass is 16.1. The van der Waals surface area contributed by atoms with E-state index in [2.05, 4.69) is 25.4 Å². The third-order valence-electron chi connectivity index (χ3n) is 4.51. The van der Waals surface area contributed by atoms with E-state index in [1.165, 1.54) is 0 Å². The van der Waals surface area contributed by atoms with E-state index in [9.17, 15) is 4.79 Å². The number of allylic oxidation sites excluding steroid dienone is 3. The van der Waals surface area contributed by atoms with E-state index in [0.29, 0.717) is 16.9 Å². The van der Waals surface area contributed by atoms with Crippen LogP contribution in [-0.2, 0) is 6.42 Å². The zero-order valence-corrected chi connectivity index (χ0v) is 16.2. The molecule has 2 heterocycles. The summed E-state index contributed by atoms with van der Waals surface area (Å²) in [4.78, 5) is 17.6. The minimum absolute atomic E-state index is 0.0683. The molecule has 0 aliphatic heterocycles. The lowest BCUT2D eigenvalue weighted by Gasteiger charge is -2.18. The Kier molecular flexibility index (Phi) is 6.22. The quantitative estimate of drug-likeness (QED) is 0.540. The number of anilines is 1. The molecule has 0 radical (unpaired) electrons. The maximum absolute atomic E-state index is 12.8. The number of benzene rings is 1. The van der Waals surface area contributed by atoms with Crippen molar-refractivity contribution in [1.29, 1.82) is 0 Å². The smallest absolute Gasteiger partial charge is 0.193 e. The molecule has 2 aromatic heterocycles. The Bertz CT molecular complexity index is 1080. The summed E-state index contributed by atoms with van der Waals surface area (Å²) in [5.74, 6) is 0.636. The van der Waals surface area contributed by atoms with Crippen LogP contribution in [-0.4, -0.2) is 9.55 Å². The molecule has 0 unspecified atom stereocenters. The van der Waals surface area contributed by atoms with Gasteiger partial charge >= 0.3 is 0 Å². The van der Waals surface area contributed by atoms with Gasteiger partial charge in [-0.3, -0.25) is 9.36 Å². The van der Waals surface area contributed by atoms with E-state index in [1.54, 1.807) is 18.2 Å². The second-order valence-corrected chi connectivity index (χ2v) is 6.53. The first-order chi connectivity index (χ1) is 13.7. The first-order valence-corrected chi connectivity index (χ1v) is 9.51. The van der Waals surface area contributed by atoms with Crippen LogP contribution < -0.4 is 10.7 Å². The molecule has 28 heavy (non-hydrogen) atoms. The zero-order valence-electron chi connectivity index (χ0n) is 16.2. The third kappa shape index (κ3) is 4.12. The van der Waals surface area contributed by atoms with Crippen molar-refractivity contribution < 1.29 is 0 Å². The first kappa shape index (κ1) is 19.4. The topological polar surface area (TPSA) is 46.9 Å². The lowest BCUT2D eigenvalue weighted by Crippen LogP contribution is -2.15. The van der Waals surface area contributed by atoms with Gasteiger partial charge in [-0.1, -0.05) is 50.8 Å². The lowest BCUT2D eigenvalue weighted by molar-refractivity contribution is 0.778. The van der Waals surface area contributed by atoms with E-state index in [-0.39, 0.29) is 5.43 Å². The van der Waals surface area contributed by atoms with Crippen molar-refractivity contribution in [1.82, 2.24) is 9.55 Å². The van der Waals surface area contributed by atoms with Crippen molar-refractivity contribution in [3.05, 3.63) is 102 Å². The van der Waals surface area contributed by atoms with Crippen LogP contribution in [0.25, 0.3) is 16.7 Å². The molecule has 3 rings (SSSR count). The molecular weight excluding hydrogens is 346 g/mol. The number of rotatable bonds is 8. The van der Waals surface area contributed by atoms with Gasteiger partial charge in [0.25, 0.3) is 0 Å². The molecule has 0 amide bonds. The molecule has 0 spiro atoms. The molecule has 3 aromatic rings. The highest BCUT2D eigenvalue weighted by Crippen LogP contribution is 2.23. The van der Waals surface area contributed by atoms with Crippen LogP contribution in [0, 0.1) is 0 Å². The molecule has 4 nitrogen and oxygen atoms in total. The number of unbranched alkanes of at least 4 members (excludes halogenated alkanes) is 1. The van der Waals surface area contributed by atoms with Crippen LogP contribution in [0.1, 0.15) is 25.5 Å². The number of para-hydroxylation sites is 1. The normalized spacial score (nSPS) is 11.4. The van der Waals surface area contributed by atoms with E-state index < -0.39 is 0 Å². The number of hydrogen-bond donors (Lipinski definition) is 1. The summed E-state index contributed by atoms with van der Waals surface area (Å²) in [5, 5.41) is 3.89. The Labute approximate surface area is 165 Å². The average Bonchev–Trinajstić information content (AvgIpc) is 2.72. The Morgan fingerprint density at radius 2 is 1.96 bits per heavy atom. The van der Waals surface area contributed by atoms with Gasteiger partial charge in [0.1, 0.15) is 11.5 Å². The van der Waals surface area contributed by atoms with Gasteiger partial charge in [-0.05, 0) is 49.3 Å². The number of nitrogens with one attached hydrogen (secondary N) is 1. The number of pyridine rings is 2. The fourth-order valence-corrected chi connectivity index (χ4v) is 3.09. The van der Waals surface area contributed by atoms with Gasteiger partial charge in [-0.15, -0.1) is 0 Å². The number of hydrogen-bond acceptors (Lipinski definition) is 3. The Hall–Kier alpha value is -3.40. The predicted molar refractivity (Wildman–Crippen MR) is 118 cm³/mol. The van der Waals surface area contributed by atoms with Crippen molar-refractivity contribution >= 4 is 16.9 Å². The second kappa shape index (κ2) is 9.00. The van der Waals surface area contributed by atoms with Gasteiger partial charge in [0, 0.05) is 23.1 Å². The summed E-state index contributed by atoms with van der Waals surface area (Å²) in [5.41, 5.74) is 3.25. The minimum Gasteiger partial charge on any atom is -0.341 e. The van der Waals surface area contributed by atoms with E-state index in [0.717, 1.165) is 36.3 Å². The molecule has 0 aliphatic carbocycles. The Morgan fingerprint density at radius 3 is 2.64 bits per heavy atom. The third-order valence-corrected chi connectivity index (χ3v) is 4.51. The molecule has 0 saturated heterocycles. The minimum atomic E-state index is -0.0683. The van der Waals surface area contributed by atoms with Crippen LogP contribution in [0.15, 0.2) is 90.4 Å². The number of aryl methyl sites for hydroxylation is 1. The van der Waals surface area contributed by atoms with Gasteiger partial charge in [0.15, 0.2) is 5.43 Å². The zero-order chi connectivity index (χ0) is 19.9. The number of aromatic nitrogens is 2. The molecule has 142 valence electrons. The Morgan fingerprint density at radius 1 is 1.18 bits per heavy atom. The first-order valence-electron chi connectivity index (χ1n) is 9.51. The van der Waals surface area contributed by atoms with Crippen molar-refractivity contribution in [3.63, 3.8) is 0 Å². The largest absolute Gasteiger partial charge is 0.341 e. The highest BCUT2D eigenvalue weighted by Gasteiger charge is 2.13. The van der Waals surface area contributed by atoms with Crippen LogP contribution in [0.2, 0.25) is 0 Å². The molecule has 0 fully saturated rings. The van der Waals surface area contributed by atoms with Gasteiger partial charge < -0.3 is 5.32 Å². The van der Waals surface area contributed by atoms with E-state index in [4.69, 9.17) is 4.98 Å². The van der Waals surface area contributed by atoms with Crippen LogP contribution in [0.4, 0.5) is 5.82 Å². The van der Waals surface area contributed by atoms with Crippen LogP contribution in [0.5, 0.6) is 0 Å². The fourth-order valence-electron chi connectivity index (χ4n) is 3.09. The molecular formula is C24H25N3O. The van der Waals surface area contributed by atoms with Crippen LogP contribution >= 0.6 is 0 Å². The summed E-state index contributed by atoms with van der Waals surface area (Å²) in [6, 6.07) is 15.3. The monoisotopic (exact) mass is 371 g/mol. The number of nitrogens with zero attached hydrogens (tertiary/aromatic N) is 2. The van der Waals surface area contributed by atoms with Gasteiger partial charge in [0.2, 0.25) is 0 Å². The molecule has 0 saturated carbocycles. The maximum Gasteiger partial charge on any atom is 0.193 e. The Balaban J connectivity index is 2.29. The van der Waals surface area contributed by atoms with E-state index >= 15 is 0 Å². The molecule has 4 heteroatoms. The summed E-state index contributed by atoms with van der Waals surface area (Å²) in [6.45, 7) is 9.72. The molecule has 0 aliphatic rings. The van der Waals surface area contributed by atoms with Crippen molar-refractivity contribution in [2.45, 2.75) is 26.2 Å². The summed E-state index contributed by atoms with van der Waals surface area (Å²) in [7, 11) is 0. The highest BCUT2D eigenvalue weighted by molar-refractivity contribution is 5.80. The van der Waals surface area contributed by atoms with Crippen molar-refractivity contribution in [3.8, 4) is 5.69 Å². The predicted octanol–water partition coefficient (Wildman–Crippen LogP) is 5.40. The lowest BCUT2D eigenvalue weighted by atomic mass is 10.1. The summed E-state index contributed by atoms with van der Waals surface area (Å²) >= 11 is 0. The second-order valence-electron chi connectivity index (χ2n) is 6.53. The average molecular weight is 371 g/mol. The molecule has 0 atom stereocenters. The number of fused-ring (bicyclic) bond motifs is 1. The van der Waals surface area contributed by atoms with Crippen molar-refractivity contribution in [2.75, 3.05) is 5.32 Å². The van der Waals surface area contributed by atoms with Crippen LogP contribution in [0.3, 0.4) is 0 Å². The summed E-state index contributed by atoms with van der Waals surface area (Å²) < 4.78 is 1.98. The van der Waals surface area contributed by atoms with Crippen molar-refractivity contribution in [2.24, 2.45) is 0 Å².